The number of hydrogen-bond donors (Lipinski definition) is 1. The SMILES string of the molecule is Nc1c(-c2ccc(Cl)cc2)nnn1-c1ccccc1F. The highest BCUT2D eigenvalue weighted by atomic mass is 35.5. The Kier molecular flexibility index (Phi) is 3.12. The molecule has 0 aliphatic heterocycles. The molecule has 0 saturated carbocycles. The van der Waals surface area contributed by atoms with Crippen LogP contribution in [0.3, 0.4) is 0 Å². The maximum atomic E-state index is 13.8. The van der Waals surface area contributed by atoms with Crippen LogP contribution in [-0.2, 0) is 0 Å². The van der Waals surface area contributed by atoms with Crippen molar-refractivity contribution in [3.8, 4) is 16.9 Å². The molecule has 2 aromatic carbocycles. The monoisotopic (exact) mass is 288 g/mol. The van der Waals surface area contributed by atoms with E-state index in [4.69, 9.17) is 17.3 Å². The van der Waals surface area contributed by atoms with Crippen LogP contribution in [0.25, 0.3) is 16.9 Å². The first-order chi connectivity index (χ1) is 9.66. The van der Waals surface area contributed by atoms with Crippen LogP contribution in [0.4, 0.5) is 10.2 Å². The highest BCUT2D eigenvalue weighted by molar-refractivity contribution is 6.30. The Hall–Kier alpha value is -2.40. The van der Waals surface area contributed by atoms with E-state index in [-0.39, 0.29) is 11.5 Å². The Labute approximate surface area is 119 Å². The summed E-state index contributed by atoms with van der Waals surface area (Å²) in [5.74, 6) is -0.135. The van der Waals surface area contributed by atoms with Crippen molar-refractivity contribution in [2.75, 3.05) is 5.73 Å². The Bertz CT molecular complexity index is 752. The second kappa shape index (κ2) is 4.94. The molecule has 0 radical (unpaired) electrons. The van der Waals surface area contributed by atoms with Crippen molar-refractivity contribution in [3.05, 3.63) is 59.4 Å². The summed E-state index contributed by atoms with van der Waals surface area (Å²) in [6, 6.07) is 13.3. The molecule has 6 heteroatoms. The lowest BCUT2D eigenvalue weighted by atomic mass is 10.1. The molecule has 2 N–H and O–H groups in total. The van der Waals surface area contributed by atoms with Gasteiger partial charge in [0.25, 0.3) is 0 Å². The average Bonchev–Trinajstić information content (AvgIpc) is 2.82. The van der Waals surface area contributed by atoms with E-state index in [1.165, 1.54) is 10.7 Å². The topological polar surface area (TPSA) is 56.7 Å². The third-order valence-corrected chi connectivity index (χ3v) is 3.16. The van der Waals surface area contributed by atoms with E-state index >= 15 is 0 Å². The van der Waals surface area contributed by atoms with Crippen molar-refractivity contribution in [1.82, 2.24) is 15.0 Å². The van der Waals surface area contributed by atoms with Crippen LogP contribution < -0.4 is 5.73 Å². The second-order valence-corrected chi connectivity index (χ2v) is 4.63. The minimum Gasteiger partial charge on any atom is -0.382 e. The number of anilines is 1. The quantitative estimate of drug-likeness (QED) is 0.787. The normalized spacial score (nSPS) is 10.7. The highest BCUT2D eigenvalue weighted by Gasteiger charge is 2.15. The number of aromatic nitrogens is 3. The zero-order valence-electron chi connectivity index (χ0n) is 10.3. The van der Waals surface area contributed by atoms with Crippen molar-refractivity contribution in [2.24, 2.45) is 0 Å². The fourth-order valence-electron chi connectivity index (χ4n) is 1.90. The van der Waals surface area contributed by atoms with Gasteiger partial charge in [-0.2, -0.15) is 4.68 Å². The van der Waals surface area contributed by atoms with Crippen LogP contribution in [0, 0.1) is 5.82 Å². The Morgan fingerprint density at radius 2 is 1.75 bits per heavy atom. The number of nitrogens with zero attached hydrogens (tertiary/aromatic N) is 3. The van der Waals surface area contributed by atoms with Crippen LogP contribution in [0.2, 0.25) is 5.02 Å². The molecule has 0 fully saturated rings. The number of nitrogen functional groups attached to an aromatic ring is 1. The standard InChI is InChI=1S/C14H10ClFN4/c15-10-7-5-9(6-8-10)13-14(17)20(19-18-13)12-4-2-1-3-11(12)16/h1-8H,17H2. The van der Waals surface area contributed by atoms with Crippen molar-refractivity contribution < 1.29 is 4.39 Å². The van der Waals surface area contributed by atoms with E-state index in [1.807, 2.05) is 0 Å². The molecule has 0 atom stereocenters. The molecule has 3 rings (SSSR count). The number of halogens is 2. The summed E-state index contributed by atoms with van der Waals surface area (Å²) < 4.78 is 15.0. The third kappa shape index (κ3) is 2.12. The second-order valence-electron chi connectivity index (χ2n) is 4.19. The van der Waals surface area contributed by atoms with Crippen LogP contribution in [0.15, 0.2) is 48.5 Å². The van der Waals surface area contributed by atoms with E-state index in [9.17, 15) is 4.39 Å². The highest BCUT2D eigenvalue weighted by Crippen LogP contribution is 2.27. The van der Waals surface area contributed by atoms with Gasteiger partial charge >= 0.3 is 0 Å². The van der Waals surface area contributed by atoms with E-state index in [1.54, 1.807) is 42.5 Å². The first-order valence-corrected chi connectivity index (χ1v) is 6.26. The molecule has 20 heavy (non-hydrogen) atoms. The number of benzene rings is 2. The molecular weight excluding hydrogens is 279 g/mol. The molecule has 0 bridgehead atoms. The van der Waals surface area contributed by atoms with Crippen molar-refractivity contribution in [2.45, 2.75) is 0 Å². The first-order valence-electron chi connectivity index (χ1n) is 5.89. The smallest absolute Gasteiger partial charge is 0.156 e. The lowest BCUT2D eigenvalue weighted by Gasteiger charge is -2.04. The molecule has 4 nitrogen and oxygen atoms in total. The van der Waals surface area contributed by atoms with E-state index in [0.29, 0.717) is 10.7 Å². The lowest BCUT2D eigenvalue weighted by molar-refractivity contribution is 0.608. The molecule has 0 aliphatic rings. The number of hydrogen-bond acceptors (Lipinski definition) is 3. The summed E-state index contributed by atoms with van der Waals surface area (Å²) in [6.45, 7) is 0. The number of nitrogens with two attached hydrogens (primary N) is 1. The summed E-state index contributed by atoms with van der Waals surface area (Å²) in [4.78, 5) is 0. The van der Waals surface area contributed by atoms with Crippen LogP contribution in [-0.4, -0.2) is 15.0 Å². The van der Waals surface area contributed by atoms with Gasteiger partial charge in [-0.1, -0.05) is 41.1 Å². The molecular formula is C14H10ClFN4. The molecule has 100 valence electrons. The van der Waals surface area contributed by atoms with Gasteiger partial charge in [-0.3, -0.25) is 0 Å². The zero-order valence-corrected chi connectivity index (χ0v) is 11.0. The summed E-state index contributed by atoms with van der Waals surface area (Å²) >= 11 is 5.84. The van der Waals surface area contributed by atoms with Gasteiger partial charge in [0.15, 0.2) is 5.82 Å². The summed E-state index contributed by atoms with van der Waals surface area (Å²) in [6.07, 6.45) is 0. The van der Waals surface area contributed by atoms with Gasteiger partial charge in [0.05, 0.1) is 0 Å². The fraction of sp³-hybridized carbons (Fsp3) is 0. The van der Waals surface area contributed by atoms with Crippen LogP contribution >= 0.6 is 11.6 Å². The van der Waals surface area contributed by atoms with Gasteiger partial charge in [-0.15, -0.1) is 5.10 Å². The van der Waals surface area contributed by atoms with Gasteiger partial charge in [0, 0.05) is 10.6 Å². The Balaban J connectivity index is 2.09. The summed E-state index contributed by atoms with van der Waals surface area (Å²) in [7, 11) is 0. The molecule has 0 aliphatic carbocycles. The van der Waals surface area contributed by atoms with Gasteiger partial charge in [0.1, 0.15) is 17.2 Å². The largest absolute Gasteiger partial charge is 0.382 e. The Morgan fingerprint density at radius 1 is 1.05 bits per heavy atom. The number of rotatable bonds is 2. The predicted octanol–water partition coefficient (Wildman–Crippen LogP) is 3.31. The lowest BCUT2D eigenvalue weighted by Crippen LogP contribution is -2.04. The summed E-state index contributed by atoms with van der Waals surface area (Å²) in [5.41, 5.74) is 7.54. The van der Waals surface area contributed by atoms with Crippen molar-refractivity contribution in [1.29, 1.82) is 0 Å². The van der Waals surface area contributed by atoms with Gasteiger partial charge in [-0.05, 0) is 24.3 Å². The van der Waals surface area contributed by atoms with Gasteiger partial charge in [-0.25, -0.2) is 4.39 Å². The maximum absolute atomic E-state index is 13.8. The fourth-order valence-corrected chi connectivity index (χ4v) is 2.03. The van der Waals surface area contributed by atoms with Crippen LogP contribution in [0.5, 0.6) is 0 Å². The first kappa shape index (κ1) is 12.6. The zero-order chi connectivity index (χ0) is 14.1. The molecule has 3 aromatic rings. The third-order valence-electron chi connectivity index (χ3n) is 2.90. The minimum absolute atomic E-state index is 0.262. The summed E-state index contributed by atoms with van der Waals surface area (Å²) in [5, 5.41) is 8.54. The van der Waals surface area contributed by atoms with E-state index in [0.717, 1.165) is 5.56 Å². The Morgan fingerprint density at radius 3 is 2.45 bits per heavy atom. The average molecular weight is 289 g/mol. The van der Waals surface area contributed by atoms with Gasteiger partial charge < -0.3 is 5.73 Å². The maximum Gasteiger partial charge on any atom is 0.156 e. The molecule has 0 spiro atoms. The van der Waals surface area contributed by atoms with Crippen molar-refractivity contribution >= 4 is 17.4 Å². The minimum atomic E-state index is -0.410. The van der Waals surface area contributed by atoms with E-state index in [2.05, 4.69) is 10.3 Å². The molecule has 1 aromatic heterocycles. The van der Waals surface area contributed by atoms with Crippen LogP contribution in [0.1, 0.15) is 0 Å². The van der Waals surface area contributed by atoms with E-state index < -0.39 is 5.82 Å². The molecule has 1 heterocycles. The van der Waals surface area contributed by atoms with Gasteiger partial charge in [0.2, 0.25) is 0 Å². The molecule has 0 saturated heterocycles. The predicted molar refractivity (Wildman–Crippen MR) is 76.2 cm³/mol. The number of para-hydroxylation sites is 1. The molecule has 0 unspecified atom stereocenters. The molecule has 0 amide bonds. The van der Waals surface area contributed by atoms with Crippen molar-refractivity contribution in [3.63, 3.8) is 0 Å².